The van der Waals surface area contributed by atoms with E-state index in [9.17, 15) is 14.4 Å². The quantitative estimate of drug-likeness (QED) is 0.747. The smallest absolute Gasteiger partial charge is 0.265 e. The Kier molecular flexibility index (Phi) is 6.33. The molecule has 0 bridgehead atoms. The number of methoxy groups -OCH3 is 1. The fourth-order valence-corrected chi connectivity index (χ4v) is 2.86. The maximum absolute atomic E-state index is 12.5. The monoisotopic (exact) mass is 397 g/mol. The number of amides is 3. The third kappa shape index (κ3) is 4.84. The first-order valence-electron chi connectivity index (χ1n) is 9.31. The zero-order valence-corrected chi connectivity index (χ0v) is 16.4. The SMILES string of the molecule is CCCNC(=O)CN1C(=O)COc2ccc(NC(=O)c3ccc(OC)cc3)cc21. The number of carbonyl (C=O) groups excluding carboxylic acids is 3. The van der Waals surface area contributed by atoms with Gasteiger partial charge in [-0.05, 0) is 48.9 Å². The number of carbonyl (C=O) groups is 3. The van der Waals surface area contributed by atoms with Gasteiger partial charge in [0.1, 0.15) is 18.0 Å². The molecule has 2 N–H and O–H groups in total. The van der Waals surface area contributed by atoms with Crippen molar-refractivity contribution in [3.63, 3.8) is 0 Å². The van der Waals surface area contributed by atoms with Crippen LogP contribution in [0, 0.1) is 0 Å². The molecule has 0 fully saturated rings. The molecule has 0 radical (unpaired) electrons. The van der Waals surface area contributed by atoms with Gasteiger partial charge in [0.2, 0.25) is 5.91 Å². The molecule has 1 aliphatic rings. The number of hydrogen-bond acceptors (Lipinski definition) is 5. The predicted octanol–water partition coefficient (Wildman–Crippen LogP) is 2.20. The van der Waals surface area contributed by atoms with Gasteiger partial charge in [0.15, 0.2) is 6.61 Å². The van der Waals surface area contributed by atoms with Crippen molar-refractivity contribution in [2.75, 3.05) is 37.0 Å². The van der Waals surface area contributed by atoms with E-state index in [-0.39, 0.29) is 30.9 Å². The second-order valence-electron chi connectivity index (χ2n) is 6.48. The number of nitrogens with zero attached hydrogens (tertiary/aromatic N) is 1. The van der Waals surface area contributed by atoms with Crippen LogP contribution in [0.25, 0.3) is 0 Å². The Bertz CT molecular complexity index is 911. The molecule has 2 aromatic carbocycles. The number of nitrogens with one attached hydrogen (secondary N) is 2. The van der Waals surface area contributed by atoms with Crippen molar-refractivity contribution in [3.8, 4) is 11.5 Å². The molecule has 0 unspecified atom stereocenters. The highest BCUT2D eigenvalue weighted by Gasteiger charge is 2.27. The van der Waals surface area contributed by atoms with E-state index in [1.807, 2.05) is 6.92 Å². The lowest BCUT2D eigenvalue weighted by Crippen LogP contribution is -2.45. The van der Waals surface area contributed by atoms with Gasteiger partial charge in [0, 0.05) is 17.8 Å². The van der Waals surface area contributed by atoms with Crippen LogP contribution in [0.4, 0.5) is 11.4 Å². The van der Waals surface area contributed by atoms with E-state index in [1.165, 1.54) is 4.90 Å². The number of ether oxygens (including phenoxy) is 2. The van der Waals surface area contributed by atoms with E-state index in [1.54, 1.807) is 49.6 Å². The molecular weight excluding hydrogens is 374 g/mol. The van der Waals surface area contributed by atoms with Crippen molar-refractivity contribution in [3.05, 3.63) is 48.0 Å². The number of benzene rings is 2. The summed E-state index contributed by atoms with van der Waals surface area (Å²) in [6, 6.07) is 11.7. The molecule has 3 rings (SSSR count). The van der Waals surface area contributed by atoms with Crippen molar-refractivity contribution < 1.29 is 23.9 Å². The van der Waals surface area contributed by atoms with E-state index in [0.717, 1.165) is 6.42 Å². The maximum Gasteiger partial charge on any atom is 0.265 e. The predicted molar refractivity (Wildman–Crippen MR) is 109 cm³/mol. The normalized spacial score (nSPS) is 12.6. The van der Waals surface area contributed by atoms with Gasteiger partial charge in [0.25, 0.3) is 11.8 Å². The highest BCUT2D eigenvalue weighted by Crippen LogP contribution is 2.34. The van der Waals surface area contributed by atoms with E-state index >= 15 is 0 Å². The molecule has 8 heteroatoms. The lowest BCUT2D eigenvalue weighted by atomic mass is 10.1. The first-order valence-corrected chi connectivity index (χ1v) is 9.31. The Morgan fingerprint density at radius 3 is 2.62 bits per heavy atom. The zero-order chi connectivity index (χ0) is 20.8. The molecular formula is C21H23N3O5. The molecule has 0 aliphatic carbocycles. The minimum absolute atomic E-state index is 0.106. The summed E-state index contributed by atoms with van der Waals surface area (Å²) in [7, 11) is 1.56. The molecule has 0 atom stereocenters. The Morgan fingerprint density at radius 2 is 1.93 bits per heavy atom. The number of hydrogen-bond donors (Lipinski definition) is 2. The van der Waals surface area contributed by atoms with Crippen LogP contribution >= 0.6 is 0 Å². The van der Waals surface area contributed by atoms with Gasteiger partial charge in [0.05, 0.1) is 12.8 Å². The summed E-state index contributed by atoms with van der Waals surface area (Å²) in [6.07, 6.45) is 0.806. The molecule has 152 valence electrons. The van der Waals surface area contributed by atoms with Crippen molar-refractivity contribution in [1.82, 2.24) is 5.32 Å². The van der Waals surface area contributed by atoms with Crippen molar-refractivity contribution in [2.45, 2.75) is 13.3 Å². The summed E-state index contributed by atoms with van der Waals surface area (Å²) in [5, 5.41) is 5.55. The van der Waals surface area contributed by atoms with Crippen LogP contribution in [0.1, 0.15) is 23.7 Å². The van der Waals surface area contributed by atoms with Gasteiger partial charge < -0.3 is 20.1 Å². The van der Waals surface area contributed by atoms with Crippen LogP contribution in [0.5, 0.6) is 11.5 Å². The Morgan fingerprint density at radius 1 is 1.17 bits per heavy atom. The van der Waals surface area contributed by atoms with Crippen LogP contribution < -0.4 is 25.0 Å². The molecule has 3 amide bonds. The van der Waals surface area contributed by atoms with Gasteiger partial charge in [-0.15, -0.1) is 0 Å². The molecule has 1 aliphatic heterocycles. The van der Waals surface area contributed by atoms with Gasteiger partial charge in [-0.3, -0.25) is 19.3 Å². The fourth-order valence-electron chi connectivity index (χ4n) is 2.86. The molecule has 0 spiro atoms. The summed E-state index contributed by atoms with van der Waals surface area (Å²) in [5.74, 6) is 0.268. The largest absolute Gasteiger partial charge is 0.497 e. The van der Waals surface area contributed by atoms with Gasteiger partial charge >= 0.3 is 0 Å². The Hall–Kier alpha value is -3.55. The third-order valence-electron chi connectivity index (χ3n) is 4.39. The Balaban J connectivity index is 1.77. The van der Waals surface area contributed by atoms with Crippen LogP contribution in [0.3, 0.4) is 0 Å². The average Bonchev–Trinajstić information content (AvgIpc) is 2.74. The van der Waals surface area contributed by atoms with E-state index in [4.69, 9.17) is 9.47 Å². The summed E-state index contributed by atoms with van der Waals surface area (Å²) >= 11 is 0. The first-order chi connectivity index (χ1) is 14.0. The van der Waals surface area contributed by atoms with Crippen molar-refractivity contribution in [2.24, 2.45) is 0 Å². The van der Waals surface area contributed by atoms with Crippen molar-refractivity contribution >= 4 is 29.1 Å². The fraction of sp³-hybridized carbons (Fsp3) is 0.286. The third-order valence-corrected chi connectivity index (χ3v) is 4.39. The van der Waals surface area contributed by atoms with E-state index < -0.39 is 0 Å². The lowest BCUT2D eigenvalue weighted by Gasteiger charge is -2.29. The maximum atomic E-state index is 12.5. The van der Waals surface area contributed by atoms with Gasteiger partial charge in [-0.2, -0.15) is 0 Å². The highest BCUT2D eigenvalue weighted by molar-refractivity contribution is 6.06. The van der Waals surface area contributed by atoms with Crippen LogP contribution in [-0.4, -0.2) is 44.5 Å². The molecule has 0 saturated carbocycles. The summed E-state index contributed by atoms with van der Waals surface area (Å²) < 4.78 is 10.5. The molecule has 0 saturated heterocycles. The minimum Gasteiger partial charge on any atom is -0.497 e. The molecule has 29 heavy (non-hydrogen) atoms. The standard InChI is InChI=1S/C21H23N3O5/c1-3-10-22-19(25)12-24-17-11-15(6-9-18(17)29-13-20(24)26)23-21(27)14-4-7-16(28-2)8-5-14/h4-9,11H,3,10,12-13H2,1-2H3,(H,22,25)(H,23,27). The second-order valence-corrected chi connectivity index (χ2v) is 6.48. The number of rotatable bonds is 7. The molecule has 2 aromatic rings. The van der Waals surface area contributed by atoms with Crippen LogP contribution in [0.2, 0.25) is 0 Å². The van der Waals surface area contributed by atoms with Crippen LogP contribution in [-0.2, 0) is 9.59 Å². The molecule has 0 aromatic heterocycles. The van der Waals surface area contributed by atoms with Gasteiger partial charge in [-0.25, -0.2) is 0 Å². The first kappa shape index (κ1) is 20.2. The van der Waals surface area contributed by atoms with Crippen molar-refractivity contribution in [1.29, 1.82) is 0 Å². The van der Waals surface area contributed by atoms with E-state index in [0.29, 0.717) is 35.0 Å². The minimum atomic E-state index is -0.317. The summed E-state index contributed by atoms with van der Waals surface area (Å²) in [5.41, 5.74) is 1.40. The number of anilines is 2. The molecule has 8 nitrogen and oxygen atoms in total. The lowest BCUT2D eigenvalue weighted by molar-refractivity contribution is -0.125. The number of fused-ring (bicyclic) bond motifs is 1. The summed E-state index contributed by atoms with van der Waals surface area (Å²) in [4.78, 5) is 38.3. The van der Waals surface area contributed by atoms with Gasteiger partial charge in [-0.1, -0.05) is 6.92 Å². The van der Waals surface area contributed by atoms with E-state index in [2.05, 4.69) is 10.6 Å². The second kappa shape index (κ2) is 9.09. The Labute approximate surface area is 168 Å². The average molecular weight is 397 g/mol. The topological polar surface area (TPSA) is 97.0 Å². The molecule has 1 heterocycles. The van der Waals surface area contributed by atoms with Crippen LogP contribution in [0.15, 0.2) is 42.5 Å². The summed E-state index contributed by atoms with van der Waals surface area (Å²) in [6.45, 7) is 2.26. The zero-order valence-electron chi connectivity index (χ0n) is 16.4. The highest BCUT2D eigenvalue weighted by atomic mass is 16.5.